The van der Waals surface area contributed by atoms with E-state index in [0.29, 0.717) is 24.1 Å². The molecule has 1 heterocycles. The molecule has 0 amide bonds. The van der Waals surface area contributed by atoms with E-state index in [0.717, 1.165) is 5.69 Å². The summed E-state index contributed by atoms with van der Waals surface area (Å²) in [5, 5.41) is 3.24. The van der Waals surface area contributed by atoms with E-state index in [4.69, 9.17) is 10.5 Å². The molecule has 2 rings (SSSR count). The fourth-order valence-corrected chi connectivity index (χ4v) is 1.98. The molecule has 0 aliphatic rings. The first-order chi connectivity index (χ1) is 9.88. The van der Waals surface area contributed by atoms with Crippen molar-refractivity contribution in [2.75, 3.05) is 18.2 Å². The number of nitrogens with two attached hydrogens (primary N) is 1. The lowest BCUT2D eigenvalue weighted by Gasteiger charge is -2.19. The molecule has 1 aromatic heterocycles. The SMILES string of the molecule is COCc1nc(N)cc(Nc2ccc(C(C)(C)C)cc2)n1. The van der Waals surface area contributed by atoms with Crippen molar-refractivity contribution in [3.8, 4) is 0 Å². The molecule has 21 heavy (non-hydrogen) atoms. The number of benzene rings is 1. The monoisotopic (exact) mass is 286 g/mol. The van der Waals surface area contributed by atoms with Crippen molar-refractivity contribution in [3.05, 3.63) is 41.7 Å². The summed E-state index contributed by atoms with van der Waals surface area (Å²) in [7, 11) is 1.60. The van der Waals surface area contributed by atoms with Crippen LogP contribution in [0.15, 0.2) is 30.3 Å². The van der Waals surface area contributed by atoms with E-state index in [1.54, 1.807) is 13.2 Å². The van der Waals surface area contributed by atoms with Crippen molar-refractivity contribution in [1.82, 2.24) is 9.97 Å². The number of methoxy groups -OCH3 is 1. The van der Waals surface area contributed by atoms with Gasteiger partial charge in [0.25, 0.3) is 0 Å². The fourth-order valence-electron chi connectivity index (χ4n) is 1.98. The maximum absolute atomic E-state index is 5.78. The van der Waals surface area contributed by atoms with Crippen LogP contribution in [0.5, 0.6) is 0 Å². The molecule has 0 bridgehead atoms. The summed E-state index contributed by atoms with van der Waals surface area (Å²) in [5.74, 6) is 1.65. The van der Waals surface area contributed by atoms with Crippen molar-refractivity contribution >= 4 is 17.3 Å². The zero-order chi connectivity index (χ0) is 15.5. The van der Waals surface area contributed by atoms with Gasteiger partial charge in [0.15, 0.2) is 5.82 Å². The Morgan fingerprint density at radius 2 is 1.81 bits per heavy atom. The number of hydrogen-bond acceptors (Lipinski definition) is 5. The van der Waals surface area contributed by atoms with Gasteiger partial charge in [0, 0.05) is 18.9 Å². The molecule has 0 aliphatic heterocycles. The molecule has 0 radical (unpaired) electrons. The normalized spacial score (nSPS) is 11.4. The highest BCUT2D eigenvalue weighted by molar-refractivity contribution is 5.59. The Balaban J connectivity index is 2.18. The minimum Gasteiger partial charge on any atom is -0.384 e. The molecule has 5 heteroatoms. The lowest BCUT2D eigenvalue weighted by molar-refractivity contribution is 0.178. The van der Waals surface area contributed by atoms with Crippen LogP contribution in [0.2, 0.25) is 0 Å². The van der Waals surface area contributed by atoms with Gasteiger partial charge in [-0.15, -0.1) is 0 Å². The number of ether oxygens (including phenoxy) is 1. The topological polar surface area (TPSA) is 73.1 Å². The molecule has 0 spiro atoms. The Labute approximate surface area is 125 Å². The molecular formula is C16H22N4O. The second kappa shape index (κ2) is 6.10. The third-order valence-corrected chi connectivity index (χ3v) is 3.09. The van der Waals surface area contributed by atoms with Crippen LogP contribution in [0.3, 0.4) is 0 Å². The molecule has 2 aromatic rings. The predicted molar refractivity (Wildman–Crippen MR) is 85.6 cm³/mol. The number of nitrogens with zero attached hydrogens (tertiary/aromatic N) is 2. The van der Waals surface area contributed by atoms with Crippen LogP contribution < -0.4 is 11.1 Å². The highest BCUT2D eigenvalue weighted by Crippen LogP contribution is 2.24. The second-order valence-corrected chi connectivity index (χ2v) is 5.98. The van der Waals surface area contributed by atoms with E-state index in [1.165, 1.54) is 5.56 Å². The maximum Gasteiger partial charge on any atom is 0.158 e. The lowest BCUT2D eigenvalue weighted by Crippen LogP contribution is -2.10. The minimum absolute atomic E-state index is 0.142. The zero-order valence-electron chi connectivity index (χ0n) is 13.0. The summed E-state index contributed by atoms with van der Waals surface area (Å²) in [6.07, 6.45) is 0. The number of nitrogen functional groups attached to an aromatic ring is 1. The molecule has 112 valence electrons. The van der Waals surface area contributed by atoms with Crippen molar-refractivity contribution in [3.63, 3.8) is 0 Å². The summed E-state index contributed by atoms with van der Waals surface area (Å²) in [5.41, 5.74) is 8.17. The van der Waals surface area contributed by atoms with E-state index in [9.17, 15) is 0 Å². The first-order valence-corrected chi connectivity index (χ1v) is 6.88. The molecule has 0 unspecified atom stereocenters. The fraction of sp³-hybridized carbons (Fsp3) is 0.375. The van der Waals surface area contributed by atoms with E-state index >= 15 is 0 Å². The molecule has 3 N–H and O–H groups in total. The summed E-state index contributed by atoms with van der Waals surface area (Å²) in [6, 6.07) is 10.0. The van der Waals surface area contributed by atoms with Crippen LogP contribution >= 0.6 is 0 Å². The maximum atomic E-state index is 5.78. The number of aromatic nitrogens is 2. The van der Waals surface area contributed by atoms with Gasteiger partial charge >= 0.3 is 0 Å². The zero-order valence-corrected chi connectivity index (χ0v) is 13.0. The molecule has 0 fully saturated rings. The average Bonchev–Trinajstić information content (AvgIpc) is 2.38. The lowest BCUT2D eigenvalue weighted by atomic mass is 9.87. The van der Waals surface area contributed by atoms with Crippen LogP contribution in [0.25, 0.3) is 0 Å². The number of hydrogen-bond donors (Lipinski definition) is 2. The molecule has 0 saturated heterocycles. The molecular weight excluding hydrogens is 264 g/mol. The highest BCUT2D eigenvalue weighted by Gasteiger charge is 2.13. The van der Waals surface area contributed by atoms with Crippen molar-refractivity contribution in [2.24, 2.45) is 0 Å². The molecule has 5 nitrogen and oxygen atoms in total. The van der Waals surface area contributed by atoms with E-state index in [2.05, 4.69) is 48.2 Å². The van der Waals surface area contributed by atoms with Crippen LogP contribution in [-0.4, -0.2) is 17.1 Å². The number of anilines is 3. The van der Waals surface area contributed by atoms with Gasteiger partial charge in [-0.2, -0.15) is 0 Å². The Morgan fingerprint density at radius 3 is 2.38 bits per heavy atom. The van der Waals surface area contributed by atoms with Gasteiger partial charge in [-0.05, 0) is 23.1 Å². The molecule has 0 saturated carbocycles. The van der Waals surface area contributed by atoms with Crippen molar-refractivity contribution in [2.45, 2.75) is 32.8 Å². The van der Waals surface area contributed by atoms with Crippen LogP contribution in [0.4, 0.5) is 17.3 Å². The van der Waals surface area contributed by atoms with Gasteiger partial charge in [-0.1, -0.05) is 32.9 Å². The Kier molecular flexibility index (Phi) is 4.43. The van der Waals surface area contributed by atoms with Gasteiger partial charge in [0.2, 0.25) is 0 Å². The minimum atomic E-state index is 0.142. The van der Waals surface area contributed by atoms with E-state index in [1.807, 2.05) is 12.1 Å². The van der Waals surface area contributed by atoms with Crippen LogP contribution in [0.1, 0.15) is 32.2 Å². The predicted octanol–water partition coefficient (Wildman–Crippen LogP) is 3.25. The van der Waals surface area contributed by atoms with Crippen LogP contribution in [-0.2, 0) is 16.8 Å². The van der Waals surface area contributed by atoms with Gasteiger partial charge in [0.05, 0.1) is 0 Å². The van der Waals surface area contributed by atoms with Gasteiger partial charge < -0.3 is 15.8 Å². The quantitative estimate of drug-likeness (QED) is 0.902. The van der Waals surface area contributed by atoms with Gasteiger partial charge in [-0.3, -0.25) is 0 Å². The summed E-state index contributed by atoms with van der Waals surface area (Å²) in [6.45, 7) is 6.91. The first kappa shape index (κ1) is 15.3. The Hall–Kier alpha value is -2.14. The van der Waals surface area contributed by atoms with E-state index < -0.39 is 0 Å². The average molecular weight is 286 g/mol. The van der Waals surface area contributed by atoms with Crippen molar-refractivity contribution in [1.29, 1.82) is 0 Å². The molecule has 0 atom stereocenters. The van der Waals surface area contributed by atoms with Gasteiger partial charge in [-0.25, -0.2) is 9.97 Å². The summed E-state index contributed by atoms with van der Waals surface area (Å²) in [4.78, 5) is 8.48. The third kappa shape index (κ3) is 4.16. The Bertz CT molecular complexity index is 603. The standard InChI is InChI=1S/C16H22N4O/c1-16(2,3)11-5-7-12(8-6-11)18-14-9-13(17)19-15(20-14)10-21-4/h5-9H,10H2,1-4H3,(H3,17,18,19,20). The second-order valence-electron chi connectivity index (χ2n) is 5.98. The largest absolute Gasteiger partial charge is 0.384 e. The third-order valence-electron chi connectivity index (χ3n) is 3.09. The first-order valence-electron chi connectivity index (χ1n) is 6.88. The highest BCUT2D eigenvalue weighted by atomic mass is 16.5. The van der Waals surface area contributed by atoms with Crippen LogP contribution in [0, 0.1) is 0 Å². The van der Waals surface area contributed by atoms with Gasteiger partial charge in [0.1, 0.15) is 18.2 Å². The smallest absolute Gasteiger partial charge is 0.158 e. The summed E-state index contributed by atoms with van der Waals surface area (Å²) >= 11 is 0. The summed E-state index contributed by atoms with van der Waals surface area (Å²) < 4.78 is 5.03. The number of nitrogens with one attached hydrogen (secondary N) is 1. The molecule has 1 aromatic carbocycles. The number of rotatable bonds is 4. The van der Waals surface area contributed by atoms with E-state index in [-0.39, 0.29) is 5.41 Å². The Morgan fingerprint density at radius 1 is 1.14 bits per heavy atom. The van der Waals surface area contributed by atoms with Crippen molar-refractivity contribution < 1.29 is 4.74 Å². The molecule has 0 aliphatic carbocycles.